The Morgan fingerprint density at radius 3 is 2.48 bits per heavy atom. The average molecular weight is 373 g/mol. The smallest absolute Gasteiger partial charge is 0.329 e. The third-order valence-corrected chi connectivity index (χ3v) is 3.63. The number of hydrogen-bond donors (Lipinski definition) is 3. The van der Waals surface area contributed by atoms with Crippen molar-refractivity contribution in [2.24, 2.45) is 5.73 Å². The fourth-order valence-corrected chi connectivity index (χ4v) is 2.36. The molecule has 0 radical (unpaired) electrons. The second kappa shape index (κ2) is 9.33. The summed E-state index contributed by atoms with van der Waals surface area (Å²) in [5, 5.41) is 4.61. The number of hydrogen-bond acceptors (Lipinski definition) is 4. The number of ether oxygens (including phenoxy) is 1. The van der Waals surface area contributed by atoms with E-state index in [1.165, 1.54) is 12.1 Å². The van der Waals surface area contributed by atoms with E-state index in [0.29, 0.717) is 5.56 Å². The summed E-state index contributed by atoms with van der Waals surface area (Å²) in [6.07, 6.45) is 0.150. The highest BCUT2D eigenvalue weighted by Crippen LogP contribution is 2.15. The molecule has 2 aromatic carbocycles. The van der Waals surface area contributed by atoms with E-state index in [4.69, 9.17) is 10.5 Å². The zero-order valence-corrected chi connectivity index (χ0v) is 14.7. The van der Waals surface area contributed by atoms with Gasteiger partial charge in [-0.3, -0.25) is 4.79 Å². The number of primary amides is 1. The van der Waals surface area contributed by atoms with Crippen molar-refractivity contribution in [2.45, 2.75) is 19.4 Å². The van der Waals surface area contributed by atoms with Crippen LogP contribution in [-0.2, 0) is 20.7 Å². The Balaban J connectivity index is 1.93. The Labute approximate surface area is 155 Å². The molecular weight excluding hydrogens is 353 g/mol. The lowest BCUT2D eigenvalue weighted by Crippen LogP contribution is -2.46. The molecule has 0 saturated carbocycles. The van der Waals surface area contributed by atoms with Gasteiger partial charge in [0, 0.05) is 6.42 Å². The van der Waals surface area contributed by atoms with E-state index in [-0.39, 0.29) is 12.1 Å². The van der Waals surface area contributed by atoms with E-state index in [9.17, 15) is 18.8 Å². The SMILES string of the molecule is Cc1ccc(NC(=O)COC(=O)[C@H](Cc2ccccc2)NC(N)=O)c(F)c1. The highest BCUT2D eigenvalue weighted by Gasteiger charge is 2.23. The minimum absolute atomic E-state index is 0.0160. The Bertz CT molecular complexity index is 827. The van der Waals surface area contributed by atoms with E-state index >= 15 is 0 Å². The second-order valence-corrected chi connectivity index (χ2v) is 5.89. The number of amides is 3. The van der Waals surface area contributed by atoms with Crippen molar-refractivity contribution in [1.29, 1.82) is 0 Å². The molecule has 0 aromatic heterocycles. The summed E-state index contributed by atoms with van der Waals surface area (Å²) >= 11 is 0. The number of aryl methyl sites for hydroxylation is 1. The minimum atomic E-state index is -1.05. The molecule has 2 aromatic rings. The highest BCUT2D eigenvalue weighted by atomic mass is 19.1. The predicted molar refractivity (Wildman–Crippen MR) is 97.4 cm³/mol. The predicted octanol–water partition coefficient (Wildman–Crippen LogP) is 1.90. The Morgan fingerprint density at radius 2 is 1.85 bits per heavy atom. The molecule has 0 bridgehead atoms. The van der Waals surface area contributed by atoms with Gasteiger partial charge in [0.1, 0.15) is 11.9 Å². The van der Waals surface area contributed by atoms with Crippen LogP contribution in [0.1, 0.15) is 11.1 Å². The number of esters is 1. The third kappa shape index (κ3) is 6.43. The van der Waals surface area contributed by atoms with Crippen molar-refractivity contribution >= 4 is 23.6 Å². The van der Waals surface area contributed by atoms with Gasteiger partial charge >= 0.3 is 12.0 Å². The van der Waals surface area contributed by atoms with Crippen LogP contribution in [0.3, 0.4) is 0 Å². The van der Waals surface area contributed by atoms with Crippen LogP contribution in [0, 0.1) is 12.7 Å². The summed E-state index contributed by atoms with van der Waals surface area (Å²) < 4.78 is 18.7. The number of nitrogens with one attached hydrogen (secondary N) is 2. The van der Waals surface area contributed by atoms with Gasteiger partial charge in [0.15, 0.2) is 6.61 Å². The molecule has 7 nitrogen and oxygen atoms in total. The van der Waals surface area contributed by atoms with E-state index in [1.807, 2.05) is 6.07 Å². The fraction of sp³-hybridized carbons (Fsp3) is 0.211. The maximum Gasteiger partial charge on any atom is 0.329 e. The van der Waals surface area contributed by atoms with Gasteiger partial charge in [0.2, 0.25) is 0 Å². The molecule has 142 valence electrons. The second-order valence-electron chi connectivity index (χ2n) is 5.89. The van der Waals surface area contributed by atoms with Gasteiger partial charge in [0.25, 0.3) is 5.91 Å². The zero-order chi connectivity index (χ0) is 19.8. The van der Waals surface area contributed by atoms with Crippen molar-refractivity contribution in [3.63, 3.8) is 0 Å². The molecule has 0 aliphatic carbocycles. The molecule has 3 amide bonds. The van der Waals surface area contributed by atoms with Crippen LogP contribution in [0.4, 0.5) is 14.9 Å². The lowest BCUT2D eigenvalue weighted by atomic mass is 10.1. The van der Waals surface area contributed by atoms with Crippen LogP contribution in [0.5, 0.6) is 0 Å². The quantitative estimate of drug-likeness (QED) is 0.644. The Hall–Kier alpha value is -3.42. The molecule has 0 unspecified atom stereocenters. The number of rotatable bonds is 7. The lowest BCUT2D eigenvalue weighted by molar-refractivity contribution is -0.149. The van der Waals surface area contributed by atoms with Crippen LogP contribution in [0.25, 0.3) is 0 Å². The van der Waals surface area contributed by atoms with Gasteiger partial charge in [-0.05, 0) is 30.2 Å². The van der Waals surface area contributed by atoms with Gasteiger partial charge in [0.05, 0.1) is 5.69 Å². The van der Waals surface area contributed by atoms with Crippen molar-refractivity contribution in [1.82, 2.24) is 5.32 Å². The Kier molecular flexibility index (Phi) is 6.87. The first-order valence-corrected chi connectivity index (χ1v) is 8.17. The molecule has 0 fully saturated rings. The zero-order valence-electron chi connectivity index (χ0n) is 14.7. The van der Waals surface area contributed by atoms with Crippen molar-refractivity contribution in [3.8, 4) is 0 Å². The van der Waals surface area contributed by atoms with E-state index in [2.05, 4.69) is 10.6 Å². The first-order chi connectivity index (χ1) is 12.8. The molecule has 0 spiro atoms. The number of benzene rings is 2. The maximum absolute atomic E-state index is 13.7. The van der Waals surface area contributed by atoms with Gasteiger partial charge in [-0.25, -0.2) is 14.0 Å². The van der Waals surface area contributed by atoms with Crippen LogP contribution in [0.2, 0.25) is 0 Å². The van der Waals surface area contributed by atoms with Crippen molar-refractivity contribution in [3.05, 3.63) is 65.5 Å². The van der Waals surface area contributed by atoms with Gasteiger partial charge in [-0.15, -0.1) is 0 Å². The third-order valence-electron chi connectivity index (χ3n) is 3.63. The standard InChI is InChI=1S/C19H20FN3O4/c1-12-7-8-15(14(20)9-12)22-17(24)11-27-18(25)16(23-19(21)26)10-13-5-3-2-4-6-13/h2-9,16H,10-11H2,1H3,(H,22,24)(H3,21,23,26)/t16-/m0/s1. The van der Waals surface area contributed by atoms with Gasteiger partial charge in [-0.1, -0.05) is 36.4 Å². The number of urea groups is 1. The normalized spacial score (nSPS) is 11.3. The van der Waals surface area contributed by atoms with E-state index in [1.54, 1.807) is 37.3 Å². The van der Waals surface area contributed by atoms with E-state index < -0.39 is 36.4 Å². The number of carbonyl (C=O) groups excluding carboxylic acids is 3. The molecule has 0 aliphatic heterocycles. The molecule has 2 rings (SSSR count). The van der Waals surface area contributed by atoms with Crippen LogP contribution < -0.4 is 16.4 Å². The van der Waals surface area contributed by atoms with Gasteiger partial charge in [-0.2, -0.15) is 0 Å². The van der Waals surface area contributed by atoms with Crippen LogP contribution >= 0.6 is 0 Å². The maximum atomic E-state index is 13.7. The first kappa shape index (κ1) is 19.9. The summed E-state index contributed by atoms with van der Waals surface area (Å²) in [5.41, 5.74) is 6.56. The highest BCUT2D eigenvalue weighted by molar-refractivity contribution is 5.93. The van der Waals surface area contributed by atoms with Crippen LogP contribution in [0.15, 0.2) is 48.5 Å². The largest absolute Gasteiger partial charge is 0.454 e. The lowest BCUT2D eigenvalue weighted by Gasteiger charge is -2.16. The average Bonchev–Trinajstić information content (AvgIpc) is 2.62. The molecule has 4 N–H and O–H groups in total. The van der Waals surface area contributed by atoms with Gasteiger partial charge < -0.3 is 21.1 Å². The number of carbonyl (C=O) groups is 3. The topological polar surface area (TPSA) is 111 Å². The molecule has 1 atom stereocenters. The first-order valence-electron chi connectivity index (χ1n) is 8.17. The molecule has 8 heteroatoms. The number of halogens is 1. The minimum Gasteiger partial charge on any atom is -0.454 e. The summed E-state index contributed by atoms with van der Waals surface area (Å²) in [6.45, 7) is 1.09. The van der Waals surface area contributed by atoms with Crippen molar-refractivity contribution < 1.29 is 23.5 Å². The number of anilines is 1. The fourth-order valence-electron chi connectivity index (χ4n) is 2.36. The summed E-state index contributed by atoms with van der Waals surface area (Å²) in [4.78, 5) is 35.2. The molecule has 0 saturated heterocycles. The molecule has 0 aliphatic rings. The van der Waals surface area contributed by atoms with Crippen LogP contribution in [-0.4, -0.2) is 30.6 Å². The molecular formula is C19H20FN3O4. The van der Waals surface area contributed by atoms with E-state index in [0.717, 1.165) is 5.56 Å². The molecule has 0 heterocycles. The monoisotopic (exact) mass is 373 g/mol. The summed E-state index contributed by atoms with van der Waals surface area (Å²) in [7, 11) is 0. The summed E-state index contributed by atoms with van der Waals surface area (Å²) in [5.74, 6) is -2.12. The molecule has 27 heavy (non-hydrogen) atoms. The summed E-state index contributed by atoms with van der Waals surface area (Å²) in [6, 6.07) is 11.3. The Morgan fingerprint density at radius 1 is 1.15 bits per heavy atom. The number of nitrogens with two attached hydrogens (primary N) is 1. The van der Waals surface area contributed by atoms with Crippen molar-refractivity contribution in [2.75, 3.05) is 11.9 Å².